The highest BCUT2D eigenvalue weighted by Gasteiger charge is 2.02. The van der Waals surface area contributed by atoms with Crippen LogP contribution in [0.5, 0.6) is 0 Å². The zero-order valence-electron chi connectivity index (χ0n) is 22.0. The molecule has 3 nitrogen and oxygen atoms in total. The lowest BCUT2D eigenvalue weighted by Crippen LogP contribution is -2.05. The van der Waals surface area contributed by atoms with Gasteiger partial charge < -0.3 is 10.1 Å². The SMILES string of the molecule is CCCCCCCCCCCCCCCCCCCNc1ccc(CCC(=O)OCC)cc1. The van der Waals surface area contributed by atoms with Gasteiger partial charge in [-0.1, -0.05) is 122 Å². The van der Waals surface area contributed by atoms with Crippen molar-refractivity contribution in [3.8, 4) is 0 Å². The number of esters is 1. The fourth-order valence-electron chi connectivity index (χ4n) is 4.35. The summed E-state index contributed by atoms with van der Waals surface area (Å²) in [6.45, 7) is 5.64. The first-order valence-corrected chi connectivity index (χ1v) is 14.2. The van der Waals surface area contributed by atoms with E-state index in [4.69, 9.17) is 4.74 Å². The van der Waals surface area contributed by atoms with Crippen LogP contribution in [0.3, 0.4) is 0 Å². The van der Waals surface area contributed by atoms with Crippen LogP contribution in [-0.4, -0.2) is 19.1 Å². The van der Waals surface area contributed by atoms with E-state index in [2.05, 4.69) is 36.5 Å². The summed E-state index contributed by atoms with van der Waals surface area (Å²) in [7, 11) is 0. The van der Waals surface area contributed by atoms with Gasteiger partial charge in [-0.15, -0.1) is 0 Å². The number of hydrogen-bond donors (Lipinski definition) is 1. The number of aryl methyl sites for hydroxylation is 1. The van der Waals surface area contributed by atoms with Crippen molar-refractivity contribution in [3.63, 3.8) is 0 Å². The third-order valence-corrected chi connectivity index (χ3v) is 6.49. The van der Waals surface area contributed by atoms with Crippen LogP contribution in [0.4, 0.5) is 5.69 Å². The van der Waals surface area contributed by atoms with Crippen LogP contribution in [0.1, 0.15) is 135 Å². The minimum atomic E-state index is -0.112. The molecule has 190 valence electrons. The van der Waals surface area contributed by atoms with Gasteiger partial charge in [0.25, 0.3) is 0 Å². The summed E-state index contributed by atoms with van der Waals surface area (Å²) in [5, 5.41) is 3.52. The molecule has 0 aromatic heterocycles. The van der Waals surface area contributed by atoms with E-state index in [1.54, 1.807) is 0 Å². The average molecular weight is 460 g/mol. The van der Waals surface area contributed by atoms with Crippen molar-refractivity contribution >= 4 is 11.7 Å². The van der Waals surface area contributed by atoms with Crippen LogP contribution in [0, 0.1) is 0 Å². The van der Waals surface area contributed by atoms with Gasteiger partial charge in [-0.25, -0.2) is 0 Å². The smallest absolute Gasteiger partial charge is 0.306 e. The predicted octanol–water partition coefficient (Wildman–Crippen LogP) is 9.25. The van der Waals surface area contributed by atoms with Crippen LogP contribution < -0.4 is 5.32 Å². The fraction of sp³-hybridized carbons (Fsp3) is 0.767. The second-order valence-corrected chi connectivity index (χ2v) is 9.59. The Hall–Kier alpha value is -1.51. The Balaban J connectivity index is 1.83. The molecule has 0 unspecified atom stereocenters. The van der Waals surface area contributed by atoms with E-state index in [0.717, 1.165) is 13.0 Å². The van der Waals surface area contributed by atoms with E-state index >= 15 is 0 Å². The van der Waals surface area contributed by atoms with E-state index in [1.807, 2.05) is 6.92 Å². The molecular formula is C30H53NO2. The number of hydrogen-bond acceptors (Lipinski definition) is 3. The lowest BCUT2D eigenvalue weighted by Gasteiger charge is -2.08. The number of anilines is 1. The van der Waals surface area contributed by atoms with Crippen LogP contribution >= 0.6 is 0 Å². The molecule has 0 saturated heterocycles. The topological polar surface area (TPSA) is 38.3 Å². The fourth-order valence-corrected chi connectivity index (χ4v) is 4.35. The molecule has 0 aliphatic rings. The largest absolute Gasteiger partial charge is 0.466 e. The van der Waals surface area contributed by atoms with Crippen molar-refractivity contribution < 1.29 is 9.53 Å². The van der Waals surface area contributed by atoms with Crippen LogP contribution in [0.25, 0.3) is 0 Å². The van der Waals surface area contributed by atoms with Crippen LogP contribution in [0.15, 0.2) is 24.3 Å². The summed E-state index contributed by atoms with van der Waals surface area (Å²) in [5.74, 6) is -0.112. The Morgan fingerprint density at radius 2 is 1.12 bits per heavy atom. The molecule has 0 radical (unpaired) electrons. The molecular weight excluding hydrogens is 406 g/mol. The van der Waals surface area contributed by atoms with Gasteiger partial charge in [-0.3, -0.25) is 4.79 Å². The van der Waals surface area contributed by atoms with Gasteiger partial charge in [0.15, 0.2) is 0 Å². The highest BCUT2D eigenvalue weighted by Crippen LogP contribution is 2.15. The van der Waals surface area contributed by atoms with Gasteiger partial charge in [-0.05, 0) is 37.5 Å². The maximum absolute atomic E-state index is 11.4. The zero-order valence-corrected chi connectivity index (χ0v) is 22.0. The summed E-state index contributed by atoms with van der Waals surface area (Å²) in [5.41, 5.74) is 2.36. The normalized spacial score (nSPS) is 11.0. The van der Waals surface area contributed by atoms with Crippen LogP contribution in [-0.2, 0) is 16.0 Å². The van der Waals surface area contributed by atoms with Gasteiger partial charge in [0, 0.05) is 18.7 Å². The molecule has 33 heavy (non-hydrogen) atoms. The molecule has 0 atom stereocenters. The quantitative estimate of drug-likeness (QED) is 0.131. The standard InChI is InChI=1S/C30H53NO2/c1-3-5-6-7-8-9-10-11-12-13-14-15-16-17-18-19-20-27-31-29-24-21-28(22-25-29)23-26-30(32)33-4-2/h21-22,24-25,31H,3-20,23,26-27H2,1-2H3. The third-order valence-electron chi connectivity index (χ3n) is 6.49. The summed E-state index contributed by atoms with van der Waals surface area (Å²) < 4.78 is 4.98. The predicted molar refractivity (Wildman–Crippen MR) is 144 cm³/mol. The molecule has 1 aromatic carbocycles. The molecule has 1 aromatic rings. The summed E-state index contributed by atoms with van der Waals surface area (Å²) in [4.78, 5) is 11.4. The molecule has 1 N–H and O–H groups in total. The maximum atomic E-state index is 11.4. The monoisotopic (exact) mass is 459 g/mol. The Morgan fingerprint density at radius 3 is 1.58 bits per heavy atom. The summed E-state index contributed by atoms with van der Waals surface area (Å²) >= 11 is 0. The number of rotatable bonds is 23. The first kappa shape index (κ1) is 29.5. The number of carbonyl (C=O) groups is 1. The summed E-state index contributed by atoms with van der Waals surface area (Å²) in [6.07, 6.45) is 25.2. The molecule has 0 saturated carbocycles. The average Bonchev–Trinajstić information content (AvgIpc) is 2.83. The van der Waals surface area contributed by atoms with Gasteiger partial charge in [0.1, 0.15) is 0 Å². The van der Waals surface area contributed by atoms with Crippen molar-refractivity contribution in [2.24, 2.45) is 0 Å². The molecule has 0 aliphatic heterocycles. The number of carbonyl (C=O) groups excluding carboxylic acids is 1. The lowest BCUT2D eigenvalue weighted by molar-refractivity contribution is -0.143. The van der Waals surface area contributed by atoms with E-state index in [9.17, 15) is 4.79 Å². The highest BCUT2D eigenvalue weighted by molar-refractivity contribution is 5.69. The van der Waals surface area contributed by atoms with E-state index in [1.165, 1.54) is 120 Å². The number of ether oxygens (including phenoxy) is 1. The lowest BCUT2D eigenvalue weighted by atomic mass is 10.0. The third kappa shape index (κ3) is 18.6. The van der Waals surface area contributed by atoms with Gasteiger partial charge in [-0.2, -0.15) is 0 Å². The first-order chi connectivity index (χ1) is 16.3. The van der Waals surface area contributed by atoms with Gasteiger partial charge in [0.2, 0.25) is 0 Å². The van der Waals surface area contributed by atoms with Crippen molar-refractivity contribution in [1.82, 2.24) is 0 Å². The number of benzene rings is 1. The molecule has 0 aliphatic carbocycles. The molecule has 1 rings (SSSR count). The minimum absolute atomic E-state index is 0.112. The minimum Gasteiger partial charge on any atom is -0.466 e. The van der Waals surface area contributed by atoms with Crippen molar-refractivity contribution in [3.05, 3.63) is 29.8 Å². The van der Waals surface area contributed by atoms with E-state index in [0.29, 0.717) is 13.0 Å². The second kappa shape index (κ2) is 22.3. The van der Waals surface area contributed by atoms with Gasteiger partial charge in [0.05, 0.1) is 6.61 Å². The van der Waals surface area contributed by atoms with Crippen molar-refractivity contribution in [2.45, 2.75) is 136 Å². The van der Waals surface area contributed by atoms with Crippen molar-refractivity contribution in [2.75, 3.05) is 18.5 Å². The molecule has 0 spiro atoms. The van der Waals surface area contributed by atoms with E-state index in [-0.39, 0.29) is 5.97 Å². The summed E-state index contributed by atoms with van der Waals surface area (Å²) in [6, 6.07) is 8.45. The number of nitrogens with one attached hydrogen (secondary N) is 1. The Labute approximate surface area is 205 Å². The van der Waals surface area contributed by atoms with Gasteiger partial charge >= 0.3 is 5.97 Å². The Morgan fingerprint density at radius 1 is 0.667 bits per heavy atom. The molecule has 3 heteroatoms. The van der Waals surface area contributed by atoms with Crippen molar-refractivity contribution in [1.29, 1.82) is 0 Å². The number of unbranched alkanes of at least 4 members (excludes halogenated alkanes) is 16. The Kier molecular flexibility index (Phi) is 19.9. The Bertz CT molecular complexity index is 555. The molecule has 0 amide bonds. The van der Waals surface area contributed by atoms with Crippen LogP contribution in [0.2, 0.25) is 0 Å². The molecule has 0 heterocycles. The molecule has 0 fully saturated rings. The second-order valence-electron chi connectivity index (χ2n) is 9.59. The molecule has 0 bridgehead atoms. The highest BCUT2D eigenvalue weighted by atomic mass is 16.5. The first-order valence-electron chi connectivity index (χ1n) is 14.2. The maximum Gasteiger partial charge on any atom is 0.306 e. The van der Waals surface area contributed by atoms with E-state index < -0.39 is 0 Å². The zero-order chi connectivity index (χ0) is 23.8.